The van der Waals surface area contributed by atoms with Crippen LogP contribution in [-0.2, 0) is 10.0 Å². The summed E-state index contributed by atoms with van der Waals surface area (Å²) < 4.78 is 25.5. The van der Waals surface area contributed by atoms with Gasteiger partial charge >= 0.3 is 0 Å². The van der Waals surface area contributed by atoms with Crippen molar-refractivity contribution in [2.45, 2.75) is 30.6 Å². The molecular formula is C7H14N2O2S. The van der Waals surface area contributed by atoms with Gasteiger partial charge in [-0.15, -0.1) is 0 Å². The minimum Gasteiger partial charge on any atom is -0.315 e. The summed E-state index contributed by atoms with van der Waals surface area (Å²) in [4.78, 5) is 0. The number of sulfonamides is 1. The lowest BCUT2D eigenvalue weighted by molar-refractivity contribution is 0.559. The molecule has 2 N–H and O–H groups in total. The van der Waals surface area contributed by atoms with E-state index >= 15 is 0 Å². The fourth-order valence-electron chi connectivity index (χ4n) is 1.46. The van der Waals surface area contributed by atoms with Gasteiger partial charge in [-0.25, -0.2) is 13.1 Å². The Bertz CT molecular complexity index is 253. The van der Waals surface area contributed by atoms with E-state index in [0.717, 1.165) is 32.4 Å². The molecule has 0 aromatic heterocycles. The summed E-state index contributed by atoms with van der Waals surface area (Å²) in [6.07, 6.45) is 2.61. The average molecular weight is 190 g/mol. The van der Waals surface area contributed by atoms with E-state index < -0.39 is 10.0 Å². The number of hydrogen-bond acceptors (Lipinski definition) is 3. The van der Waals surface area contributed by atoms with E-state index in [0.29, 0.717) is 0 Å². The van der Waals surface area contributed by atoms with Crippen LogP contribution in [0.1, 0.15) is 19.3 Å². The smallest absolute Gasteiger partial charge is 0.214 e. The topological polar surface area (TPSA) is 58.2 Å². The van der Waals surface area contributed by atoms with Gasteiger partial charge in [0.2, 0.25) is 10.0 Å². The van der Waals surface area contributed by atoms with E-state index in [2.05, 4.69) is 10.0 Å². The molecule has 0 unspecified atom stereocenters. The van der Waals surface area contributed by atoms with Crippen LogP contribution >= 0.6 is 0 Å². The second-order valence-electron chi connectivity index (χ2n) is 3.55. The Labute approximate surface area is 72.8 Å². The molecule has 0 spiro atoms. The van der Waals surface area contributed by atoms with Gasteiger partial charge in [-0.05, 0) is 25.8 Å². The van der Waals surface area contributed by atoms with Crippen LogP contribution < -0.4 is 10.0 Å². The first-order valence-corrected chi connectivity index (χ1v) is 5.95. The van der Waals surface area contributed by atoms with Crippen molar-refractivity contribution in [1.82, 2.24) is 10.0 Å². The van der Waals surface area contributed by atoms with Crippen molar-refractivity contribution in [2.75, 3.05) is 13.1 Å². The number of nitrogens with one attached hydrogen (secondary N) is 2. The third-order valence-electron chi connectivity index (χ3n) is 2.35. The molecule has 1 heterocycles. The Morgan fingerprint density at radius 2 is 2.00 bits per heavy atom. The SMILES string of the molecule is O=S(=O)(N[C@@H]1CCNC1)C1CC1. The standard InChI is InChI=1S/C7H14N2O2S/c10-12(11,7-1-2-7)9-6-3-4-8-5-6/h6-9H,1-5H2/t6-/m1/s1. The fourth-order valence-corrected chi connectivity index (χ4v) is 3.08. The minimum absolute atomic E-state index is 0.0851. The average Bonchev–Trinajstić information content (AvgIpc) is 2.74. The maximum absolute atomic E-state index is 11.4. The summed E-state index contributed by atoms with van der Waals surface area (Å²) in [6.45, 7) is 1.71. The quantitative estimate of drug-likeness (QED) is 0.626. The molecule has 1 aliphatic carbocycles. The van der Waals surface area contributed by atoms with Gasteiger partial charge in [0.15, 0.2) is 0 Å². The maximum atomic E-state index is 11.4. The van der Waals surface area contributed by atoms with Crippen molar-refractivity contribution in [3.8, 4) is 0 Å². The lowest BCUT2D eigenvalue weighted by atomic mass is 10.3. The monoisotopic (exact) mass is 190 g/mol. The molecule has 4 nitrogen and oxygen atoms in total. The predicted molar refractivity (Wildman–Crippen MR) is 46.4 cm³/mol. The first-order chi connectivity index (χ1) is 5.68. The van der Waals surface area contributed by atoms with Gasteiger partial charge in [-0.2, -0.15) is 0 Å². The first-order valence-electron chi connectivity index (χ1n) is 4.40. The van der Waals surface area contributed by atoms with Gasteiger partial charge in [0.1, 0.15) is 0 Å². The van der Waals surface area contributed by atoms with Crippen molar-refractivity contribution in [3.63, 3.8) is 0 Å². The van der Waals surface area contributed by atoms with Crippen LogP contribution in [0.25, 0.3) is 0 Å². The van der Waals surface area contributed by atoms with E-state index in [9.17, 15) is 8.42 Å². The largest absolute Gasteiger partial charge is 0.315 e. The van der Waals surface area contributed by atoms with Crippen molar-refractivity contribution in [2.24, 2.45) is 0 Å². The lowest BCUT2D eigenvalue weighted by Crippen LogP contribution is -2.38. The molecule has 0 aromatic rings. The Morgan fingerprint density at radius 1 is 1.25 bits per heavy atom. The van der Waals surface area contributed by atoms with Crippen LogP contribution in [0.15, 0.2) is 0 Å². The third-order valence-corrected chi connectivity index (χ3v) is 4.37. The van der Waals surface area contributed by atoms with Gasteiger partial charge in [0.05, 0.1) is 5.25 Å². The minimum atomic E-state index is -2.96. The summed E-state index contributed by atoms with van der Waals surface area (Å²) in [5, 5.41) is 3.04. The van der Waals surface area contributed by atoms with Gasteiger partial charge in [0, 0.05) is 12.6 Å². The van der Waals surface area contributed by atoms with Crippen molar-refractivity contribution in [3.05, 3.63) is 0 Å². The molecular weight excluding hydrogens is 176 g/mol. The predicted octanol–water partition coefficient (Wildman–Crippen LogP) is -0.570. The van der Waals surface area contributed by atoms with Gasteiger partial charge in [0.25, 0.3) is 0 Å². The number of rotatable bonds is 3. The lowest BCUT2D eigenvalue weighted by Gasteiger charge is -2.10. The van der Waals surface area contributed by atoms with E-state index in [1.165, 1.54) is 0 Å². The Balaban J connectivity index is 1.92. The number of hydrogen-bond donors (Lipinski definition) is 2. The normalized spacial score (nSPS) is 30.8. The van der Waals surface area contributed by atoms with Crippen molar-refractivity contribution >= 4 is 10.0 Å². The van der Waals surface area contributed by atoms with Crippen LogP contribution in [0, 0.1) is 0 Å². The van der Waals surface area contributed by atoms with E-state index in [1.807, 2.05) is 0 Å². The second-order valence-corrected chi connectivity index (χ2v) is 5.54. The molecule has 0 bridgehead atoms. The molecule has 2 aliphatic rings. The van der Waals surface area contributed by atoms with Crippen LogP contribution in [0.4, 0.5) is 0 Å². The molecule has 0 radical (unpaired) electrons. The van der Waals surface area contributed by atoms with E-state index in [4.69, 9.17) is 0 Å². The van der Waals surface area contributed by atoms with E-state index in [-0.39, 0.29) is 11.3 Å². The molecule has 2 rings (SSSR count). The van der Waals surface area contributed by atoms with Gasteiger partial charge in [-0.3, -0.25) is 0 Å². The van der Waals surface area contributed by atoms with Crippen LogP contribution in [0.2, 0.25) is 0 Å². The van der Waals surface area contributed by atoms with Crippen LogP contribution in [0.3, 0.4) is 0 Å². The fraction of sp³-hybridized carbons (Fsp3) is 1.00. The Hall–Kier alpha value is -0.130. The molecule has 2 fully saturated rings. The molecule has 1 aliphatic heterocycles. The molecule has 1 saturated heterocycles. The summed E-state index contributed by atoms with van der Waals surface area (Å²) in [7, 11) is -2.96. The van der Waals surface area contributed by atoms with E-state index in [1.54, 1.807) is 0 Å². The highest BCUT2D eigenvalue weighted by Crippen LogP contribution is 2.27. The molecule has 0 aromatic carbocycles. The Morgan fingerprint density at radius 3 is 2.50 bits per heavy atom. The Kier molecular flexibility index (Phi) is 2.10. The molecule has 1 atom stereocenters. The molecule has 1 saturated carbocycles. The van der Waals surface area contributed by atoms with Crippen LogP contribution in [-0.4, -0.2) is 32.8 Å². The van der Waals surface area contributed by atoms with Crippen LogP contribution in [0.5, 0.6) is 0 Å². The molecule has 0 amide bonds. The highest BCUT2D eigenvalue weighted by Gasteiger charge is 2.37. The van der Waals surface area contributed by atoms with Crippen molar-refractivity contribution < 1.29 is 8.42 Å². The second kappa shape index (κ2) is 2.97. The molecule has 70 valence electrons. The highest BCUT2D eigenvalue weighted by atomic mass is 32.2. The zero-order valence-corrected chi connectivity index (χ0v) is 7.73. The zero-order valence-electron chi connectivity index (χ0n) is 6.91. The van der Waals surface area contributed by atoms with Gasteiger partial charge in [-0.1, -0.05) is 0 Å². The summed E-state index contributed by atoms with van der Waals surface area (Å²) in [5.74, 6) is 0. The molecule has 12 heavy (non-hydrogen) atoms. The van der Waals surface area contributed by atoms with Gasteiger partial charge < -0.3 is 5.32 Å². The summed E-state index contributed by atoms with van der Waals surface area (Å²) in [6, 6.07) is 0.135. The van der Waals surface area contributed by atoms with Crippen molar-refractivity contribution in [1.29, 1.82) is 0 Å². The summed E-state index contributed by atoms with van der Waals surface area (Å²) >= 11 is 0. The maximum Gasteiger partial charge on any atom is 0.214 e. The molecule has 5 heteroatoms. The highest BCUT2D eigenvalue weighted by molar-refractivity contribution is 7.90. The zero-order chi connectivity index (χ0) is 8.60. The third kappa shape index (κ3) is 1.78. The summed E-state index contributed by atoms with van der Waals surface area (Å²) in [5.41, 5.74) is 0. The first kappa shape index (κ1) is 8.47.